The van der Waals surface area contributed by atoms with Crippen LogP contribution in [0.4, 0.5) is 5.69 Å². The van der Waals surface area contributed by atoms with Crippen molar-refractivity contribution in [1.82, 2.24) is 5.32 Å². The van der Waals surface area contributed by atoms with E-state index in [1.807, 2.05) is 51.1 Å². The zero-order valence-electron chi connectivity index (χ0n) is 18.1. The minimum absolute atomic E-state index is 0.0494. The minimum atomic E-state index is -3.96. The van der Waals surface area contributed by atoms with Crippen LogP contribution in [-0.4, -0.2) is 26.6 Å². The molecule has 8 heteroatoms. The molecular formula is C24H25ClN2O3S2. The molecule has 0 saturated carbocycles. The number of carbonyl (C=O) groups is 1. The maximum Gasteiger partial charge on any atom is 0.263 e. The first-order valence-corrected chi connectivity index (χ1v) is 12.9. The summed E-state index contributed by atoms with van der Waals surface area (Å²) in [7, 11) is -3.96. The molecule has 0 atom stereocenters. The second-order valence-electron chi connectivity index (χ2n) is 7.54. The van der Waals surface area contributed by atoms with Gasteiger partial charge in [-0.3, -0.25) is 9.52 Å². The van der Waals surface area contributed by atoms with Gasteiger partial charge in [0.2, 0.25) is 0 Å². The van der Waals surface area contributed by atoms with Gasteiger partial charge in [0.25, 0.3) is 15.9 Å². The summed E-state index contributed by atoms with van der Waals surface area (Å²) < 4.78 is 28.4. The highest BCUT2D eigenvalue weighted by molar-refractivity contribution is 7.99. The lowest BCUT2D eigenvalue weighted by molar-refractivity contribution is 0.0956. The molecule has 0 bridgehead atoms. The van der Waals surface area contributed by atoms with Crippen LogP contribution in [-0.2, 0) is 10.0 Å². The van der Waals surface area contributed by atoms with Crippen LogP contribution in [0.1, 0.15) is 27.0 Å². The second-order valence-corrected chi connectivity index (χ2v) is 10.8. The second kappa shape index (κ2) is 10.4. The van der Waals surface area contributed by atoms with Crippen molar-refractivity contribution in [1.29, 1.82) is 0 Å². The van der Waals surface area contributed by atoms with Crippen molar-refractivity contribution in [3.8, 4) is 0 Å². The van der Waals surface area contributed by atoms with Crippen LogP contribution in [0.5, 0.6) is 0 Å². The number of hydrogen-bond acceptors (Lipinski definition) is 4. The van der Waals surface area contributed by atoms with Gasteiger partial charge in [-0.05, 0) is 74.4 Å². The Labute approximate surface area is 198 Å². The quantitative estimate of drug-likeness (QED) is 0.320. The highest BCUT2D eigenvalue weighted by atomic mass is 35.5. The zero-order chi connectivity index (χ0) is 23.3. The Hall–Kier alpha value is -2.48. The Balaban J connectivity index is 1.67. The van der Waals surface area contributed by atoms with Gasteiger partial charge in [0.05, 0.1) is 5.02 Å². The summed E-state index contributed by atoms with van der Waals surface area (Å²) in [5.74, 6) is 0.343. The molecule has 0 aliphatic carbocycles. The van der Waals surface area contributed by atoms with Crippen LogP contribution in [0.25, 0.3) is 0 Å². The predicted octanol–water partition coefficient (Wildman–Crippen LogP) is 5.59. The Morgan fingerprint density at radius 1 is 0.906 bits per heavy atom. The van der Waals surface area contributed by atoms with E-state index in [2.05, 4.69) is 10.0 Å². The summed E-state index contributed by atoms with van der Waals surface area (Å²) >= 11 is 7.80. The molecule has 1 amide bonds. The van der Waals surface area contributed by atoms with Crippen molar-refractivity contribution >= 4 is 45.0 Å². The molecule has 0 spiro atoms. The molecule has 3 aromatic rings. The fourth-order valence-electron chi connectivity index (χ4n) is 3.16. The summed E-state index contributed by atoms with van der Waals surface area (Å²) in [4.78, 5) is 13.5. The number of hydrogen-bond donors (Lipinski definition) is 2. The topological polar surface area (TPSA) is 75.3 Å². The first kappa shape index (κ1) is 24.2. The monoisotopic (exact) mass is 488 g/mol. The normalized spacial score (nSPS) is 11.2. The van der Waals surface area contributed by atoms with Gasteiger partial charge in [0, 0.05) is 28.4 Å². The number of nitrogens with one attached hydrogen (secondary N) is 2. The van der Waals surface area contributed by atoms with Gasteiger partial charge in [0.1, 0.15) is 4.90 Å². The Morgan fingerprint density at radius 3 is 2.22 bits per heavy atom. The van der Waals surface area contributed by atoms with Gasteiger partial charge >= 0.3 is 0 Å². The SMILES string of the molecule is Cc1ccc(SCCNC(=O)c2ccc(Cl)c(S(=O)(=O)Nc3cc(C)cc(C)c3)c2)cc1. The van der Waals surface area contributed by atoms with Crippen LogP contribution in [0.2, 0.25) is 5.02 Å². The van der Waals surface area contributed by atoms with Crippen LogP contribution in [0.15, 0.2) is 70.5 Å². The molecule has 32 heavy (non-hydrogen) atoms. The number of anilines is 1. The van der Waals surface area contributed by atoms with Crippen molar-refractivity contribution in [2.24, 2.45) is 0 Å². The fraction of sp³-hybridized carbons (Fsp3) is 0.208. The van der Waals surface area contributed by atoms with E-state index in [0.29, 0.717) is 18.0 Å². The van der Waals surface area contributed by atoms with Gasteiger partial charge in [0.15, 0.2) is 0 Å². The molecular weight excluding hydrogens is 464 g/mol. The van der Waals surface area contributed by atoms with E-state index in [-0.39, 0.29) is 21.4 Å². The smallest absolute Gasteiger partial charge is 0.263 e. The lowest BCUT2D eigenvalue weighted by Crippen LogP contribution is -2.26. The number of rotatable bonds is 8. The molecule has 0 aliphatic heterocycles. The maximum atomic E-state index is 12.9. The van der Waals surface area contributed by atoms with E-state index in [0.717, 1.165) is 16.0 Å². The molecule has 0 radical (unpaired) electrons. The fourth-order valence-corrected chi connectivity index (χ4v) is 5.50. The zero-order valence-corrected chi connectivity index (χ0v) is 20.5. The summed E-state index contributed by atoms with van der Waals surface area (Å²) in [6.07, 6.45) is 0. The maximum absolute atomic E-state index is 12.9. The van der Waals surface area contributed by atoms with Crippen LogP contribution in [0, 0.1) is 20.8 Å². The minimum Gasteiger partial charge on any atom is -0.351 e. The van der Waals surface area contributed by atoms with Crippen LogP contribution in [0.3, 0.4) is 0 Å². The van der Waals surface area contributed by atoms with Crippen molar-refractivity contribution in [3.63, 3.8) is 0 Å². The highest BCUT2D eigenvalue weighted by Crippen LogP contribution is 2.26. The standard InChI is InChI=1S/C24H25ClN2O3S2/c1-16-4-7-21(8-5-16)31-11-10-26-24(28)19-6-9-22(25)23(15-19)32(29,30)27-20-13-17(2)12-18(3)14-20/h4-9,12-15,27H,10-11H2,1-3H3,(H,26,28). The summed E-state index contributed by atoms with van der Waals surface area (Å²) in [5, 5.41) is 2.87. The summed E-state index contributed by atoms with van der Waals surface area (Å²) in [5.41, 5.74) is 3.75. The number of thioether (sulfide) groups is 1. The third-order valence-corrected chi connectivity index (χ3v) is 7.51. The van der Waals surface area contributed by atoms with E-state index in [9.17, 15) is 13.2 Å². The van der Waals surface area contributed by atoms with Crippen LogP contribution >= 0.6 is 23.4 Å². The Morgan fingerprint density at radius 2 is 1.56 bits per heavy atom. The molecule has 2 N–H and O–H groups in total. The summed E-state index contributed by atoms with van der Waals surface area (Å²) in [6.45, 7) is 6.26. The van der Waals surface area contributed by atoms with Gasteiger partial charge in [-0.2, -0.15) is 0 Å². The lowest BCUT2D eigenvalue weighted by Gasteiger charge is -2.12. The molecule has 3 rings (SSSR count). The lowest BCUT2D eigenvalue weighted by atomic mass is 10.1. The molecule has 5 nitrogen and oxygen atoms in total. The predicted molar refractivity (Wildman–Crippen MR) is 132 cm³/mol. The number of amides is 1. The average Bonchev–Trinajstić information content (AvgIpc) is 2.71. The number of halogens is 1. The number of carbonyl (C=O) groups excluding carboxylic acids is 1. The molecule has 0 aromatic heterocycles. The Kier molecular flexibility index (Phi) is 7.87. The molecule has 0 heterocycles. The molecule has 0 fully saturated rings. The van der Waals surface area contributed by atoms with Crippen molar-refractivity contribution in [3.05, 3.63) is 87.9 Å². The molecule has 168 valence electrons. The third-order valence-electron chi connectivity index (χ3n) is 4.63. The first-order valence-electron chi connectivity index (χ1n) is 10.0. The molecule has 0 aliphatic rings. The third kappa shape index (κ3) is 6.51. The van der Waals surface area contributed by atoms with Crippen molar-refractivity contribution < 1.29 is 13.2 Å². The molecule has 0 unspecified atom stereocenters. The van der Waals surface area contributed by atoms with Crippen molar-refractivity contribution in [2.75, 3.05) is 17.0 Å². The van der Waals surface area contributed by atoms with E-state index >= 15 is 0 Å². The largest absolute Gasteiger partial charge is 0.351 e. The van der Waals surface area contributed by atoms with Crippen LogP contribution < -0.4 is 10.0 Å². The summed E-state index contributed by atoms with van der Waals surface area (Å²) in [6, 6.07) is 17.8. The number of sulfonamides is 1. The van der Waals surface area contributed by atoms with Gasteiger partial charge in [-0.25, -0.2) is 8.42 Å². The van der Waals surface area contributed by atoms with E-state index in [1.165, 1.54) is 23.8 Å². The van der Waals surface area contributed by atoms with Gasteiger partial charge in [-0.1, -0.05) is 35.4 Å². The highest BCUT2D eigenvalue weighted by Gasteiger charge is 2.20. The molecule has 3 aromatic carbocycles. The average molecular weight is 489 g/mol. The number of aryl methyl sites for hydroxylation is 3. The first-order chi connectivity index (χ1) is 15.1. The van der Waals surface area contributed by atoms with Crippen molar-refractivity contribution in [2.45, 2.75) is 30.6 Å². The Bertz CT molecular complexity index is 1210. The van der Waals surface area contributed by atoms with Gasteiger partial charge < -0.3 is 5.32 Å². The van der Waals surface area contributed by atoms with Gasteiger partial charge in [-0.15, -0.1) is 11.8 Å². The van der Waals surface area contributed by atoms with E-state index in [1.54, 1.807) is 23.9 Å². The van der Waals surface area contributed by atoms with E-state index < -0.39 is 10.0 Å². The molecule has 0 saturated heterocycles. The van der Waals surface area contributed by atoms with E-state index in [4.69, 9.17) is 11.6 Å². The number of benzene rings is 3.